The van der Waals surface area contributed by atoms with Gasteiger partial charge in [-0.3, -0.25) is 0 Å². The minimum Gasteiger partial charge on any atom is -0.512 e. The number of hydrogen-bond donors (Lipinski definition) is 0. The molecule has 2 unspecified atom stereocenters. The Bertz CT molecular complexity index is 2480. The molecule has 8 aromatic rings. The van der Waals surface area contributed by atoms with Crippen molar-refractivity contribution < 1.29 is 17.1 Å². The van der Waals surface area contributed by atoms with Crippen molar-refractivity contribution in [3.8, 4) is 17.2 Å². The topological polar surface area (TPSA) is 51.9 Å². The molecule has 0 spiro atoms. The van der Waals surface area contributed by atoms with Crippen LogP contribution in [0.1, 0.15) is 21.9 Å². The van der Waals surface area contributed by atoms with E-state index >= 15 is 0 Å². The molecule has 0 fully saturated rings. The maximum Gasteiger partial charge on any atom is 1.00 e. The molecule has 10 rings (SSSR count). The van der Waals surface area contributed by atoms with Gasteiger partial charge in [-0.25, -0.2) is 4.85 Å². The Balaban J connectivity index is 0.000000135. The fourth-order valence-electron chi connectivity index (χ4n) is 6.81. The van der Waals surface area contributed by atoms with Crippen LogP contribution in [0.4, 0.5) is 5.00 Å². The molecule has 0 bridgehead atoms. The van der Waals surface area contributed by atoms with Gasteiger partial charge in [0.05, 0.1) is 14.5 Å². The largest absolute Gasteiger partial charge is 1.00 e. The van der Waals surface area contributed by atoms with Gasteiger partial charge in [-0.05, 0) is 73.0 Å². The van der Waals surface area contributed by atoms with Crippen LogP contribution < -0.4 is 0 Å². The quantitative estimate of drug-likeness (QED) is 0.0662. The summed E-state index contributed by atoms with van der Waals surface area (Å²) in [5, 5.41) is 24.5. The molecular weight excluding hydrogens is 814 g/mol. The second-order valence-corrected chi connectivity index (χ2v) is 17.5. The Morgan fingerprint density at radius 1 is 0.756 bits per heavy atom. The van der Waals surface area contributed by atoms with E-state index in [1.165, 1.54) is 52.4 Å². The van der Waals surface area contributed by atoms with E-state index in [0.717, 1.165) is 51.6 Å². The van der Waals surface area contributed by atoms with Crippen LogP contribution in [0.25, 0.3) is 67.8 Å². The van der Waals surface area contributed by atoms with Crippen molar-refractivity contribution in [3.05, 3.63) is 111 Å². The number of nitriles is 1. The summed E-state index contributed by atoms with van der Waals surface area (Å²) in [6, 6.07) is 28.1. The third-order valence-electron chi connectivity index (χ3n) is 8.34. The number of alkyl halides is 1. The van der Waals surface area contributed by atoms with E-state index in [-0.39, 0.29) is 17.1 Å². The first kappa shape index (κ1) is 30.7. The van der Waals surface area contributed by atoms with Gasteiger partial charge in [0, 0.05) is 52.0 Å². The van der Waals surface area contributed by atoms with Crippen molar-refractivity contribution in [2.45, 2.75) is 15.0 Å². The summed E-state index contributed by atoms with van der Waals surface area (Å²) in [5.41, 5.74) is 5.81. The van der Waals surface area contributed by atoms with E-state index in [1.807, 2.05) is 35.2 Å². The van der Waals surface area contributed by atoms with Crippen LogP contribution in [-0.4, -0.2) is 4.16 Å². The minimum atomic E-state index is 0. The molecule has 3 nitrogen and oxygen atoms in total. The van der Waals surface area contributed by atoms with Crippen LogP contribution in [0.2, 0.25) is 0 Å². The van der Waals surface area contributed by atoms with Gasteiger partial charge < -0.3 is 11.8 Å². The molecule has 2 atom stereocenters. The van der Waals surface area contributed by atoms with Crippen molar-refractivity contribution in [2.75, 3.05) is 0 Å². The number of nitrogens with zero attached hydrogens (tertiary/aromatic N) is 3. The first-order chi connectivity index (χ1) is 21.6. The van der Waals surface area contributed by atoms with E-state index in [0.29, 0.717) is 10.1 Å². The van der Waals surface area contributed by atoms with E-state index in [9.17, 15) is 5.26 Å². The number of rotatable bonds is 0. The maximum atomic E-state index is 9.53. The first-order valence-corrected chi connectivity index (χ1v) is 18.4. The zero-order chi connectivity index (χ0) is 30.3. The van der Waals surface area contributed by atoms with Crippen LogP contribution in [-0.2, 0) is 17.1 Å². The fraction of sp³-hybridized carbons (Fsp3) is 0.0571. The van der Waals surface area contributed by atoms with Crippen molar-refractivity contribution in [1.82, 2.24) is 0 Å². The Kier molecular flexibility index (Phi) is 7.98. The van der Waals surface area contributed by atoms with Crippen molar-refractivity contribution in [1.29, 1.82) is 10.5 Å². The molecular formula is C35H14Br2CuN3S4. The number of benzene rings is 5. The van der Waals surface area contributed by atoms with Gasteiger partial charge in [-0.1, -0.05) is 64.5 Å². The molecule has 10 heteroatoms. The number of halogens is 2. The standard InChI is InChI=1S/C18H6N2S2.C16H8Br2S2.CN.Cu/c1-20-18-17-10-5-3-6-11-14(10)16(13(8-19)21-11)9-4-2-7-12(22-18)15(9)17;17-15-13-7-3-1-5-9-11(7)14(16(18)19-9)8-4-2-6-10(20-15)12(8)13;1-2;/h2-7H;1-6,13,15H;;/q;;-1;+1. The summed E-state index contributed by atoms with van der Waals surface area (Å²) >= 11 is 14.6. The van der Waals surface area contributed by atoms with E-state index in [2.05, 4.69) is 103 Å². The summed E-state index contributed by atoms with van der Waals surface area (Å²) in [4.78, 5) is 5.93. The molecule has 1 aliphatic heterocycles. The van der Waals surface area contributed by atoms with Gasteiger partial charge in [0.15, 0.2) is 0 Å². The number of hydrogen-bond acceptors (Lipinski definition) is 6. The van der Waals surface area contributed by atoms with E-state index < -0.39 is 0 Å². The molecule has 0 N–H and O–H groups in total. The zero-order valence-corrected chi connectivity index (χ0v) is 30.0. The summed E-state index contributed by atoms with van der Waals surface area (Å²) < 4.78 is 5.33. The normalized spacial score (nSPS) is 15.6. The SMILES string of the molecule is Brc1sc2cccc3c2c1-c1cccc2c1C3C(Br)S2.[C-]#N.[C-]#[N+]c1sc2cccc3c4c(C#N)sc5cccc(c1c23)c54.[Cu+]. The Hall–Kier alpha value is -2.94. The monoisotopic (exact) mass is 825 g/mol. The fourth-order valence-corrected chi connectivity index (χ4v) is 13.1. The van der Waals surface area contributed by atoms with Crippen LogP contribution in [0.15, 0.2) is 81.5 Å². The first-order valence-electron chi connectivity index (χ1n) is 13.4. The van der Waals surface area contributed by atoms with Crippen LogP contribution in [0.3, 0.4) is 0 Å². The average molecular weight is 828 g/mol. The Labute approximate surface area is 302 Å². The van der Waals surface area contributed by atoms with Crippen molar-refractivity contribution in [3.63, 3.8) is 0 Å². The second kappa shape index (κ2) is 11.7. The van der Waals surface area contributed by atoms with Gasteiger partial charge in [0.2, 0.25) is 5.00 Å². The summed E-state index contributed by atoms with van der Waals surface area (Å²) in [6.07, 6.45) is 0. The number of thiophene rings is 3. The summed E-state index contributed by atoms with van der Waals surface area (Å²) in [7, 11) is 0. The van der Waals surface area contributed by atoms with Gasteiger partial charge in [0.1, 0.15) is 10.9 Å². The molecule has 3 aromatic heterocycles. The molecule has 218 valence electrons. The van der Waals surface area contributed by atoms with Gasteiger partial charge in [0.25, 0.3) is 0 Å². The molecule has 4 heterocycles. The van der Waals surface area contributed by atoms with Crippen LogP contribution in [0, 0.1) is 29.7 Å². The van der Waals surface area contributed by atoms with E-state index in [1.54, 1.807) is 11.3 Å². The molecule has 0 saturated carbocycles. The predicted octanol–water partition coefficient (Wildman–Crippen LogP) is 13.0. The van der Waals surface area contributed by atoms with Crippen LogP contribution >= 0.6 is 77.6 Å². The third-order valence-corrected chi connectivity index (χ3v) is 14.5. The molecule has 2 aliphatic rings. The van der Waals surface area contributed by atoms with E-state index in [4.69, 9.17) is 18.4 Å². The van der Waals surface area contributed by atoms with Gasteiger partial charge in [-0.15, -0.1) is 34.4 Å². The van der Waals surface area contributed by atoms with Crippen molar-refractivity contribution in [2.24, 2.45) is 0 Å². The third kappa shape index (κ3) is 4.27. The smallest absolute Gasteiger partial charge is 0.512 e. The maximum absolute atomic E-state index is 9.53. The van der Waals surface area contributed by atoms with Crippen LogP contribution in [0.5, 0.6) is 0 Å². The molecule has 1 aliphatic carbocycles. The average Bonchev–Trinajstić information content (AvgIpc) is 3.81. The predicted molar refractivity (Wildman–Crippen MR) is 195 cm³/mol. The number of thioether (sulfide) groups is 1. The zero-order valence-electron chi connectivity index (χ0n) is 22.6. The minimum absolute atomic E-state index is 0. The Morgan fingerprint density at radius 2 is 1.38 bits per heavy atom. The molecule has 0 radical (unpaired) electrons. The Morgan fingerprint density at radius 3 is 2.09 bits per heavy atom. The van der Waals surface area contributed by atoms with Crippen molar-refractivity contribution >= 4 is 134 Å². The molecule has 0 saturated heterocycles. The summed E-state index contributed by atoms with van der Waals surface area (Å²) in [6.45, 7) is 12.3. The summed E-state index contributed by atoms with van der Waals surface area (Å²) in [5.74, 6) is 0.476. The number of fused-ring (bicyclic) bond motifs is 4. The molecule has 5 aromatic carbocycles. The molecule has 0 amide bonds. The van der Waals surface area contributed by atoms with Gasteiger partial charge >= 0.3 is 17.1 Å². The van der Waals surface area contributed by atoms with Gasteiger partial charge in [-0.2, -0.15) is 16.6 Å². The second-order valence-electron chi connectivity index (χ2n) is 10.3. The molecule has 45 heavy (non-hydrogen) atoms.